The van der Waals surface area contributed by atoms with Crippen molar-refractivity contribution in [1.29, 1.82) is 0 Å². The number of hydrogen-bond donors (Lipinski definition) is 1. The summed E-state index contributed by atoms with van der Waals surface area (Å²) in [5.74, 6) is 2.46. The summed E-state index contributed by atoms with van der Waals surface area (Å²) in [6, 6.07) is 11.9. The first kappa shape index (κ1) is 18.7. The van der Waals surface area contributed by atoms with Gasteiger partial charge in [-0.05, 0) is 62.1 Å². The molecule has 2 heterocycles. The Morgan fingerprint density at radius 3 is 2.68 bits per heavy atom. The van der Waals surface area contributed by atoms with Gasteiger partial charge in [0, 0.05) is 22.7 Å². The number of rotatable bonds is 4. The maximum absolute atomic E-state index is 6.38. The van der Waals surface area contributed by atoms with Gasteiger partial charge in [-0.15, -0.1) is 0 Å². The Hall–Kier alpha value is -2.66. The normalized spacial score (nSPS) is 13.4. The van der Waals surface area contributed by atoms with Crippen molar-refractivity contribution in [1.82, 2.24) is 9.78 Å². The van der Waals surface area contributed by atoms with Crippen LogP contribution in [-0.4, -0.2) is 30.5 Å². The standard InChI is InChI=1S/C22H24ClN3O2/c1-14-17(23)8-6-9-18(14)26-22-16(7-4-5-12-24-22)21(25-26)15-10-11-19(27-2)20(13-15)28-3/h6,8-11,13,24H,4-5,7,12H2,1-3H3. The first-order valence-corrected chi connectivity index (χ1v) is 9.85. The van der Waals surface area contributed by atoms with E-state index >= 15 is 0 Å². The highest BCUT2D eigenvalue weighted by Crippen LogP contribution is 2.38. The van der Waals surface area contributed by atoms with Gasteiger partial charge in [0.15, 0.2) is 11.5 Å². The molecule has 0 saturated heterocycles. The fraction of sp³-hybridized carbons (Fsp3) is 0.318. The number of aromatic nitrogens is 2. The molecule has 4 rings (SSSR count). The Bertz CT molecular complexity index is 1010. The van der Waals surface area contributed by atoms with Crippen molar-refractivity contribution in [2.45, 2.75) is 26.2 Å². The second-order valence-corrected chi connectivity index (χ2v) is 7.33. The topological polar surface area (TPSA) is 48.3 Å². The van der Waals surface area contributed by atoms with Gasteiger partial charge in [0.2, 0.25) is 0 Å². The van der Waals surface area contributed by atoms with Crippen LogP contribution in [0.2, 0.25) is 5.02 Å². The average molecular weight is 398 g/mol. The fourth-order valence-corrected chi connectivity index (χ4v) is 3.89. The Balaban J connectivity index is 1.92. The molecule has 0 aliphatic carbocycles. The quantitative estimate of drug-likeness (QED) is 0.651. The van der Waals surface area contributed by atoms with Gasteiger partial charge in [-0.25, -0.2) is 4.68 Å². The van der Waals surface area contributed by atoms with Crippen LogP contribution in [0, 0.1) is 6.92 Å². The number of methoxy groups -OCH3 is 2. The summed E-state index contributed by atoms with van der Waals surface area (Å²) in [4.78, 5) is 0. The predicted octanol–water partition coefficient (Wildman–Crippen LogP) is 5.27. The van der Waals surface area contributed by atoms with Crippen molar-refractivity contribution in [2.24, 2.45) is 0 Å². The van der Waals surface area contributed by atoms with Gasteiger partial charge in [-0.2, -0.15) is 5.10 Å². The van der Waals surface area contributed by atoms with Crippen LogP contribution in [0.15, 0.2) is 36.4 Å². The molecule has 1 aromatic heterocycles. The van der Waals surface area contributed by atoms with Gasteiger partial charge in [0.1, 0.15) is 5.82 Å². The number of nitrogens with one attached hydrogen (secondary N) is 1. The molecule has 146 valence electrons. The molecule has 0 radical (unpaired) electrons. The van der Waals surface area contributed by atoms with Gasteiger partial charge in [-0.1, -0.05) is 17.7 Å². The zero-order valence-electron chi connectivity index (χ0n) is 16.4. The van der Waals surface area contributed by atoms with E-state index in [9.17, 15) is 0 Å². The van der Waals surface area contributed by atoms with E-state index in [0.29, 0.717) is 11.5 Å². The number of benzene rings is 2. The van der Waals surface area contributed by atoms with E-state index in [4.69, 9.17) is 26.2 Å². The molecule has 0 unspecified atom stereocenters. The molecular weight excluding hydrogens is 374 g/mol. The fourth-order valence-electron chi connectivity index (χ4n) is 3.72. The summed E-state index contributed by atoms with van der Waals surface area (Å²) in [5, 5.41) is 9.33. The van der Waals surface area contributed by atoms with E-state index in [1.807, 2.05) is 41.9 Å². The molecule has 6 heteroatoms. The van der Waals surface area contributed by atoms with Crippen LogP contribution in [0.25, 0.3) is 16.9 Å². The molecule has 0 amide bonds. The number of fused-ring (bicyclic) bond motifs is 1. The van der Waals surface area contributed by atoms with Crippen molar-refractivity contribution in [3.05, 3.63) is 52.5 Å². The van der Waals surface area contributed by atoms with E-state index in [-0.39, 0.29) is 0 Å². The van der Waals surface area contributed by atoms with E-state index in [0.717, 1.165) is 59.2 Å². The Kier molecular flexibility index (Phi) is 5.18. The van der Waals surface area contributed by atoms with Crippen LogP contribution in [-0.2, 0) is 6.42 Å². The van der Waals surface area contributed by atoms with Crippen LogP contribution >= 0.6 is 11.6 Å². The Morgan fingerprint density at radius 1 is 1.07 bits per heavy atom. The molecule has 0 bridgehead atoms. The van der Waals surface area contributed by atoms with E-state index < -0.39 is 0 Å². The van der Waals surface area contributed by atoms with E-state index in [1.54, 1.807) is 14.2 Å². The molecular formula is C22H24ClN3O2. The lowest BCUT2D eigenvalue weighted by Crippen LogP contribution is -2.08. The summed E-state index contributed by atoms with van der Waals surface area (Å²) < 4.78 is 12.9. The van der Waals surface area contributed by atoms with Crippen LogP contribution in [0.4, 0.5) is 5.82 Å². The number of ether oxygens (including phenoxy) is 2. The molecule has 3 aromatic rings. The summed E-state index contributed by atoms with van der Waals surface area (Å²) >= 11 is 6.38. The first-order chi connectivity index (χ1) is 13.6. The smallest absolute Gasteiger partial charge is 0.161 e. The monoisotopic (exact) mass is 397 g/mol. The summed E-state index contributed by atoms with van der Waals surface area (Å²) in [5.41, 5.74) is 5.20. The van der Waals surface area contributed by atoms with Crippen molar-refractivity contribution in [3.63, 3.8) is 0 Å². The third-order valence-electron chi connectivity index (χ3n) is 5.25. The van der Waals surface area contributed by atoms with Crippen LogP contribution in [0.3, 0.4) is 0 Å². The van der Waals surface area contributed by atoms with Crippen molar-refractivity contribution in [2.75, 3.05) is 26.1 Å². The molecule has 1 aliphatic heterocycles. The molecule has 0 spiro atoms. The number of hydrogen-bond acceptors (Lipinski definition) is 4. The van der Waals surface area contributed by atoms with Crippen molar-refractivity contribution >= 4 is 17.4 Å². The minimum absolute atomic E-state index is 0.698. The molecule has 0 saturated carbocycles. The second-order valence-electron chi connectivity index (χ2n) is 6.93. The lowest BCUT2D eigenvalue weighted by atomic mass is 10.0. The number of halogens is 1. The van der Waals surface area contributed by atoms with Gasteiger partial charge in [-0.3, -0.25) is 0 Å². The molecule has 0 fully saturated rings. The molecule has 5 nitrogen and oxygen atoms in total. The molecule has 2 aromatic carbocycles. The second kappa shape index (κ2) is 7.76. The first-order valence-electron chi connectivity index (χ1n) is 9.47. The number of anilines is 1. The highest BCUT2D eigenvalue weighted by molar-refractivity contribution is 6.31. The molecule has 28 heavy (non-hydrogen) atoms. The van der Waals surface area contributed by atoms with Gasteiger partial charge < -0.3 is 14.8 Å². The van der Waals surface area contributed by atoms with E-state index in [2.05, 4.69) is 11.4 Å². The summed E-state index contributed by atoms with van der Waals surface area (Å²) in [6.45, 7) is 2.96. The van der Waals surface area contributed by atoms with Crippen molar-refractivity contribution in [3.8, 4) is 28.4 Å². The minimum atomic E-state index is 0.698. The zero-order valence-corrected chi connectivity index (χ0v) is 17.1. The lowest BCUT2D eigenvalue weighted by Gasteiger charge is -2.12. The minimum Gasteiger partial charge on any atom is -0.493 e. The summed E-state index contributed by atoms with van der Waals surface area (Å²) in [7, 11) is 3.29. The molecule has 0 atom stereocenters. The highest BCUT2D eigenvalue weighted by Gasteiger charge is 2.23. The highest BCUT2D eigenvalue weighted by atomic mass is 35.5. The maximum Gasteiger partial charge on any atom is 0.161 e. The Morgan fingerprint density at radius 2 is 1.89 bits per heavy atom. The largest absolute Gasteiger partial charge is 0.493 e. The summed E-state index contributed by atoms with van der Waals surface area (Å²) in [6.07, 6.45) is 3.24. The maximum atomic E-state index is 6.38. The van der Waals surface area contributed by atoms with Gasteiger partial charge in [0.25, 0.3) is 0 Å². The van der Waals surface area contributed by atoms with Crippen molar-refractivity contribution < 1.29 is 9.47 Å². The van der Waals surface area contributed by atoms with Crippen LogP contribution < -0.4 is 14.8 Å². The van der Waals surface area contributed by atoms with Crippen LogP contribution in [0.5, 0.6) is 11.5 Å². The van der Waals surface area contributed by atoms with Gasteiger partial charge in [0.05, 0.1) is 25.6 Å². The molecule has 1 aliphatic rings. The lowest BCUT2D eigenvalue weighted by molar-refractivity contribution is 0.355. The van der Waals surface area contributed by atoms with E-state index in [1.165, 1.54) is 5.56 Å². The SMILES string of the molecule is COc1ccc(-c2nn(-c3cccc(Cl)c3C)c3c2CCCCN3)cc1OC. The average Bonchev–Trinajstić information content (AvgIpc) is 2.90. The third-order valence-corrected chi connectivity index (χ3v) is 5.66. The number of nitrogens with zero attached hydrogens (tertiary/aromatic N) is 2. The zero-order chi connectivity index (χ0) is 19.7. The Labute approximate surface area is 170 Å². The van der Waals surface area contributed by atoms with Crippen LogP contribution in [0.1, 0.15) is 24.0 Å². The predicted molar refractivity (Wildman–Crippen MR) is 113 cm³/mol. The third kappa shape index (κ3) is 3.20. The van der Waals surface area contributed by atoms with Gasteiger partial charge >= 0.3 is 0 Å². The molecule has 1 N–H and O–H groups in total.